The minimum atomic E-state index is -0.337. The molecule has 0 aliphatic carbocycles. The Bertz CT molecular complexity index is 1050. The molecule has 0 aliphatic heterocycles. The summed E-state index contributed by atoms with van der Waals surface area (Å²) in [5.41, 5.74) is 4.31. The Morgan fingerprint density at radius 3 is 2.23 bits per heavy atom. The Morgan fingerprint density at radius 1 is 0.935 bits per heavy atom. The smallest absolute Gasteiger partial charge is 0.271 e. The number of benzene rings is 3. The third-order valence-electron chi connectivity index (χ3n) is 4.11. The number of carbonyl (C=O) groups is 2. The molecule has 31 heavy (non-hydrogen) atoms. The van der Waals surface area contributed by atoms with Gasteiger partial charge in [0, 0.05) is 16.3 Å². The number of carbonyl (C=O) groups excluding carboxylic acids is 2. The number of halogens is 1. The van der Waals surface area contributed by atoms with Crippen LogP contribution in [0.3, 0.4) is 0 Å². The summed E-state index contributed by atoms with van der Waals surface area (Å²) >= 11 is 5.80. The predicted molar refractivity (Wildman–Crippen MR) is 120 cm³/mol. The number of hydrogen-bond acceptors (Lipinski definition) is 5. The zero-order valence-corrected chi connectivity index (χ0v) is 17.4. The van der Waals surface area contributed by atoms with Gasteiger partial charge in [0.05, 0.1) is 13.3 Å². The Kier molecular flexibility index (Phi) is 7.61. The van der Waals surface area contributed by atoms with E-state index in [2.05, 4.69) is 15.8 Å². The first-order valence-corrected chi connectivity index (χ1v) is 9.67. The van der Waals surface area contributed by atoms with E-state index >= 15 is 0 Å². The molecule has 0 unspecified atom stereocenters. The molecule has 0 spiro atoms. The summed E-state index contributed by atoms with van der Waals surface area (Å²) in [6.45, 7) is -0.128. The third-order valence-corrected chi connectivity index (χ3v) is 4.36. The first-order valence-electron chi connectivity index (χ1n) is 9.29. The molecule has 2 amide bonds. The Hall–Kier alpha value is -3.84. The second-order valence-electron chi connectivity index (χ2n) is 6.34. The number of anilines is 1. The fraction of sp³-hybridized carbons (Fsp3) is 0.0870. The van der Waals surface area contributed by atoms with E-state index in [9.17, 15) is 9.59 Å². The fourth-order valence-electron chi connectivity index (χ4n) is 2.50. The van der Waals surface area contributed by atoms with Gasteiger partial charge in [-0.2, -0.15) is 5.10 Å². The quantitative estimate of drug-likeness (QED) is 0.409. The van der Waals surface area contributed by atoms with Crippen molar-refractivity contribution in [2.24, 2.45) is 5.10 Å². The molecule has 0 atom stereocenters. The van der Waals surface area contributed by atoms with Crippen LogP contribution in [-0.4, -0.2) is 31.7 Å². The topological polar surface area (TPSA) is 89.0 Å². The Morgan fingerprint density at radius 2 is 1.58 bits per heavy atom. The van der Waals surface area contributed by atoms with Crippen LogP contribution in [0.4, 0.5) is 5.69 Å². The highest BCUT2D eigenvalue weighted by Gasteiger charge is 2.05. The Balaban J connectivity index is 1.44. The van der Waals surface area contributed by atoms with Crippen molar-refractivity contribution in [3.05, 3.63) is 88.9 Å². The van der Waals surface area contributed by atoms with Crippen LogP contribution in [0.25, 0.3) is 0 Å². The highest BCUT2D eigenvalue weighted by atomic mass is 35.5. The van der Waals surface area contributed by atoms with Gasteiger partial charge in [-0.25, -0.2) is 5.43 Å². The number of hydrogen-bond donors (Lipinski definition) is 2. The van der Waals surface area contributed by atoms with Crippen LogP contribution in [0, 0.1) is 0 Å². The maximum atomic E-state index is 12.0. The zero-order chi connectivity index (χ0) is 22.1. The number of amides is 2. The maximum Gasteiger partial charge on any atom is 0.271 e. The van der Waals surface area contributed by atoms with Crippen molar-refractivity contribution in [1.82, 2.24) is 5.43 Å². The van der Waals surface area contributed by atoms with Crippen LogP contribution in [0.2, 0.25) is 5.02 Å². The van der Waals surface area contributed by atoms with Gasteiger partial charge in [0.1, 0.15) is 11.5 Å². The van der Waals surface area contributed by atoms with Gasteiger partial charge in [0.15, 0.2) is 6.61 Å². The van der Waals surface area contributed by atoms with E-state index in [1.807, 2.05) is 0 Å². The molecule has 0 bridgehead atoms. The lowest BCUT2D eigenvalue weighted by molar-refractivity contribution is -0.118. The SMILES string of the molecule is COc1ccc(NC(=O)COc2ccc(/C=N\NC(=O)c3ccc(Cl)cc3)cc2)cc1. The van der Waals surface area contributed by atoms with E-state index in [1.165, 1.54) is 6.21 Å². The molecule has 0 saturated heterocycles. The molecule has 158 valence electrons. The lowest BCUT2D eigenvalue weighted by Gasteiger charge is -2.08. The normalized spacial score (nSPS) is 10.5. The number of hydrazone groups is 1. The summed E-state index contributed by atoms with van der Waals surface area (Å²) in [4.78, 5) is 24.0. The van der Waals surface area contributed by atoms with Gasteiger partial charge < -0.3 is 14.8 Å². The van der Waals surface area contributed by atoms with Gasteiger partial charge in [0.2, 0.25) is 0 Å². The van der Waals surface area contributed by atoms with Crippen LogP contribution in [-0.2, 0) is 4.79 Å². The number of nitrogens with zero attached hydrogens (tertiary/aromatic N) is 1. The molecular weight excluding hydrogens is 418 g/mol. The first kappa shape index (κ1) is 21.9. The van der Waals surface area contributed by atoms with Gasteiger partial charge in [-0.1, -0.05) is 11.6 Å². The summed E-state index contributed by atoms with van der Waals surface area (Å²) in [6.07, 6.45) is 1.51. The second-order valence-corrected chi connectivity index (χ2v) is 6.78. The van der Waals surface area contributed by atoms with Crippen LogP contribution in [0.1, 0.15) is 15.9 Å². The van der Waals surface area contributed by atoms with Crippen molar-refractivity contribution < 1.29 is 19.1 Å². The van der Waals surface area contributed by atoms with Gasteiger partial charge in [-0.3, -0.25) is 9.59 Å². The minimum Gasteiger partial charge on any atom is -0.497 e. The van der Waals surface area contributed by atoms with Crippen LogP contribution in [0.5, 0.6) is 11.5 Å². The van der Waals surface area contributed by atoms with Crippen molar-refractivity contribution in [2.45, 2.75) is 0 Å². The molecule has 7 nitrogen and oxygen atoms in total. The molecule has 0 heterocycles. The summed E-state index contributed by atoms with van der Waals surface area (Å²) in [6, 6.07) is 20.5. The average molecular weight is 438 g/mol. The van der Waals surface area contributed by atoms with Crippen molar-refractivity contribution in [1.29, 1.82) is 0 Å². The second kappa shape index (κ2) is 10.8. The molecule has 8 heteroatoms. The molecule has 2 N–H and O–H groups in total. The fourth-order valence-corrected chi connectivity index (χ4v) is 2.63. The summed E-state index contributed by atoms with van der Waals surface area (Å²) < 4.78 is 10.6. The lowest BCUT2D eigenvalue weighted by atomic mass is 10.2. The zero-order valence-electron chi connectivity index (χ0n) is 16.7. The molecule has 0 radical (unpaired) electrons. The van der Waals surface area contributed by atoms with Crippen LogP contribution < -0.4 is 20.2 Å². The van der Waals surface area contributed by atoms with Crippen molar-refractivity contribution in [3.63, 3.8) is 0 Å². The van der Waals surface area contributed by atoms with E-state index in [4.69, 9.17) is 21.1 Å². The third kappa shape index (κ3) is 6.87. The minimum absolute atomic E-state index is 0.128. The molecule has 3 aromatic rings. The van der Waals surface area contributed by atoms with Gasteiger partial charge in [-0.05, 0) is 78.4 Å². The van der Waals surface area contributed by atoms with E-state index in [1.54, 1.807) is 79.9 Å². The monoisotopic (exact) mass is 437 g/mol. The number of nitrogens with one attached hydrogen (secondary N) is 2. The van der Waals surface area contributed by atoms with Crippen molar-refractivity contribution >= 4 is 35.3 Å². The van der Waals surface area contributed by atoms with E-state index in [-0.39, 0.29) is 18.4 Å². The number of ether oxygens (including phenoxy) is 2. The summed E-state index contributed by atoms with van der Waals surface area (Å²) in [5, 5.41) is 7.23. The number of methoxy groups -OCH3 is 1. The Labute approximate surface area is 184 Å². The summed E-state index contributed by atoms with van der Waals surface area (Å²) in [5.74, 6) is 0.631. The maximum absolute atomic E-state index is 12.0. The van der Waals surface area contributed by atoms with Crippen molar-refractivity contribution in [2.75, 3.05) is 19.0 Å². The highest BCUT2D eigenvalue weighted by molar-refractivity contribution is 6.30. The molecule has 0 saturated carbocycles. The molecule has 0 aromatic heterocycles. The van der Waals surface area contributed by atoms with Gasteiger partial charge >= 0.3 is 0 Å². The van der Waals surface area contributed by atoms with E-state index < -0.39 is 0 Å². The van der Waals surface area contributed by atoms with Crippen LogP contribution >= 0.6 is 11.6 Å². The first-order chi connectivity index (χ1) is 15.0. The van der Waals surface area contributed by atoms with E-state index in [0.29, 0.717) is 27.8 Å². The van der Waals surface area contributed by atoms with E-state index in [0.717, 1.165) is 5.56 Å². The van der Waals surface area contributed by atoms with Crippen molar-refractivity contribution in [3.8, 4) is 11.5 Å². The number of rotatable bonds is 8. The van der Waals surface area contributed by atoms with Crippen LogP contribution in [0.15, 0.2) is 77.9 Å². The predicted octanol–water partition coefficient (Wildman–Crippen LogP) is 4.13. The highest BCUT2D eigenvalue weighted by Crippen LogP contribution is 2.15. The summed E-state index contributed by atoms with van der Waals surface area (Å²) in [7, 11) is 1.58. The standard InChI is InChI=1S/C23H20ClN3O4/c1-30-20-12-8-19(9-13-20)26-22(28)15-31-21-10-2-16(3-11-21)14-25-27-23(29)17-4-6-18(24)7-5-17/h2-14H,15H2,1H3,(H,26,28)(H,27,29)/b25-14-. The molecule has 0 fully saturated rings. The lowest BCUT2D eigenvalue weighted by Crippen LogP contribution is -2.20. The molecule has 3 aromatic carbocycles. The van der Waals surface area contributed by atoms with Gasteiger partial charge in [-0.15, -0.1) is 0 Å². The largest absolute Gasteiger partial charge is 0.497 e. The van der Waals surface area contributed by atoms with Gasteiger partial charge in [0.25, 0.3) is 11.8 Å². The molecule has 3 rings (SSSR count). The molecule has 0 aliphatic rings. The average Bonchev–Trinajstić information content (AvgIpc) is 2.79. The molecular formula is C23H20ClN3O4.